The Labute approximate surface area is 139 Å². The Morgan fingerprint density at radius 1 is 1.14 bits per heavy atom. The van der Waals surface area contributed by atoms with Gasteiger partial charge in [0.1, 0.15) is 5.75 Å². The van der Waals surface area contributed by atoms with Crippen molar-refractivity contribution in [3.8, 4) is 5.75 Å². The van der Waals surface area contributed by atoms with E-state index in [0.717, 1.165) is 23.9 Å². The molecule has 3 heterocycles. The van der Waals surface area contributed by atoms with Crippen LogP contribution in [-0.2, 0) is 0 Å². The molecule has 1 aromatic rings. The van der Waals surface area contributed by atoms with E-state index in [1.54, 1.807) is 0 Å². The minimum atomic E-state index is -0.163. The Bertz CT molecular complexity index is 550. The molecule has 1 amide bonds. The number of rotatable bonds is 3. The van der Waals surface area contributed by atoms with Gasteiger partial charge in [0.05, 0.1) is 6.04 Å². The molecule has 22 heavy (non-hydrogen) atoms. The highest BCUT2D eigenvalue weighted by atomic mass is 79.9. The highest BCUT2D eigenvalue weighted by Gasteiger charge is 2.45. The van der Waals surface area contributed by atoms with Crippen molar-refractivity contribution in [1.82, 2.24) is 9.80 Å². The number of hydrogen-bond donors (Lipinski definition) is 0. The number of carbonyl (C=O) groups excluding carboxylic acids is 1. The van der Waals surface area contributed by atoms with Gasteiger partial charge in [-0.1, -0.05) is 15.9 Å². The minimum absolute atomic E-state index is 0.163. The molecule has 0 aromatic heterocycles. The number of carbonyl (C=O) groups is 1. The Hall–Kier alpha value is -1.07. The van der Waals surface area contributed by atoms with Gasteiger partial charge >= 0.3 is 6.09 Å². The SMILES string of the molecule is O=C(Oc1ccc(Br)cc1)N(C1CC1)[C@@H]1CN2CCC1CC2. The Kier molecular flexibility index (Phi) is 3.86. The highest BCUT2D eigenvalue weighted by Crippen LogP contribution is 2.37. The summed E-state index contributed by atoms with van der Waals surface area (Å²) in [5.74, 6) is 1.28. The van der Waals surface area contributed by atoms with Crippen LogP contribution >= 0.6 is 15.9 Å². The molecule has 3 aliphatic heterocycles. The zero-order valence-electron chi connectivity index (χ0n) is 12.6. The third-order valence-electron chi connectivity index (χ3n) is 5.15. The Balaban J connectivity index is 1.49. The number of benzene rings is 1. The van der Waals surface area contributed by atoms with Gasteiger partial charge in [-0.05, 0) is 69.0 Å². The van der Waals surface area contributed by atoms with E-state index < -0.39 is 0 Å². The molecule has 1 aliphatic carbocycles. The predicted molar refractivity (Wildman–Crippen MR) is 88.0 cm³/mol. The van der Waals surface area contributed by atoms with Gasteiger partial charge in [0.25, 0.3) is 0 Å². The van der Waals surface area contributed by atoms with Crippen LogP contribution in [0, 0.1) is 5.92 Å². The van der Waals surface area contributed by atoms with Crippen molar-refractivity contribution in [2.24, 2.45) is 5.92 Å². The van der Waals surface area contributed by atoms with Gasteiger partial charge in [0.2, 0.25) is 0 Å². The summed E-state index contributed by atoms with van der Waals surface area (Å²) in [5.41, 5.74) is 0. The largest absolute Gasteiger partial charge is 0.415 e. The molecule has 0 radical (unpaired) electrons. The van der Waals surface area contributed by atoms with Crippen LogP contribution in [-0.4, -0.2) is 47.6 Å². The van der Waals surface area contributed by atoms with E-state index in [1.807, 2.05) is 24.3 Å². The first kappa shape index (κ1) is 14.5. The van der Waals surface area contributed by atoms with E-state index in [0.29, 0.717) is 23.8 Å². The third-order valence-corrected chi connectivity index (χ3v) is 5.68. The summed E-state index contributed by atoms with van der Waals surface area (Å²) in [6.07, 6.45) is 4.53. The summed E-state index contributed by atoms with van der Waals surface area (Å²) in [5, 5.41) is 0. The van der Waals surface area contributed by atoms with Crippen LogP contribution in [0.1, 0.15) is 25.7 Å². The van der Waals surface area contributed by atoms with E-state index in [1.165, 1.54) is 25.9 Å². The van der Waals surface area contributed by atoms with Crippen LogP contribution in [0.3, 0.4) is 0 Å². The van der Waals surface area contributed by atoms with Crippen LogP contribution in [0.2, 0.25) is 0 Å². The molecule has 118 valence electrons. The second-order valence-corrected chi connectivity index (χ2v) is 7.58. The lowest BCUT2D eigenvalue weighted by atomic mass is 9.83. The first-order valence-corrected chi connectivity index (χ1v) is 8.98. The van der Waals surface area contributed by atoms with E-state index >= 15 is 0 Å². The van der Waals surface area contributed by atoms with Crippen LogP contribution in [0.4, 0.5) is 4.79 Å². The lowest BCUT2D eigenvalue weighted by molar-refractivity contribution is 0.00929. The molecule has 4 fully saturated rings. The van der Waals surface area contributed by atoms with Gasteiger partial charge in [-0.2, -0.15) is 0 Å². The van der Waals surface area contributed by atoms with E-state index in [-0.39, 0.29) is 6.09 Å². The van der Waals surface area contributed by atoms with E-state index in [9.17, 15) is 4.79 Å². The monoisotopic (exact) mass is 364 g/mol. The minimum Gasteiger partial charge on any atom is -0.410 e. The lowest BCUT2D eigenvalue weighted by Gasteiger charge is -2.48. The van der Waals surface area contributed by atoms with Crippen LogP contribution < -0.4 is 4.74 Å². The van der Waals surface area contributed by atoms with Crippen molar-refractivity contribution in [1.29, 1.82) is 0 Å². The molecule has 4 aliphatic rings. The summed E-state index contributed by atoms with van der Waals surface area (Å²) in [6.45, 7) is 3.42. The topological polar surface area (TPSA) is 32.8 Å². The average Bonchev–Trinajstić information content (AvgIpc) is 3.36. The van der Waals surface area contributed by atoms with Gasteiger partial charge in [0.15, 0.2) is 0 Å². The second kappa shape index (κ2) is 5.85. The highest BCUT2D eigenvalue weighted by molar-refractivity contribution is 9.10. The molecule has 0 N–H and O–H groups in total. The molecule has 0 spiro atoms. The van der Waals surface area contributed by atoms with Gasteiger partial charge in [0, 0.05) is 17.1 Å². The summed E-state index contributed by atoms with van der Waals surface area (Å²) < 4.78 is 6.63. The number of nitrogens with zero attached hydrogens (tertiary/aromatic N) is 2. The van der Waals surface area contributed by atoms with Gasteiger partial charge in [-0.3, -0.25) is 0 Å². The van der Waals surface area contributed by atoms with E-state index in [4.69, 9.17) is 4.74 Å². The number of hydrogen-bond acceptors (Lipinski definition) is 3. The van der Waals surface area contributed by atoms with Gasteiger partial charge < -0.3 is 14.5 Å². The van der Waals surface area contributed by atoms with Crippen LogP contribution in [0.5, 0.6) is 5.75 Å². The summed E-state index contributed by atoms with van der Waals surface area (Å²) in [4.78, 5) is 17.3. The number of fused-ring (bicyclic) bond motifs is 3. The van der Waals surface area contributed by atoms with Crippen molar-refractivity contribution < 1.29 is 9.53 Å². The molecular weight excluding hydrogens is 344 g/mol. The van der Waals surface area contributed by atoms with Crippen molar-refractivity contribution in [2.75, 3.05) is 19.6 Å². The molecule has 4 nitrogen and oxygen atoms in total. The molecule has 0 unspecified atom stereocenters. The number of piperidine rings is 3. The van der Waals surface area contributed by atoms with Crippen LogP contribution in [0.25, 0.3) is 0 Å². The standard InChI is InChI=1S/C17H21BrN2O2/c18-13-1-5-15(6-2-13)22-17(21)20(14-3-4-14)16-11-19-9-7-12(16)8-10-19/h1-2,5-6,12,14,16H,3-4,7-11H2/t16-/m1/s1. The van der Waals surface area contributed by atoms with Crippen LogP contribution in [0.15, 0.2) is 28.7 Å². The maximum absolute atomic E-state index is 12.7. The molecular formula is C17H21BrN2O2. The number of amides is 1. The van der Waals surface area contributed by atoms with Crippen molar-refractivity contribution >= 4 is 22.0 Å². The van der Waals surface area contributed by atoms with Crippen molar-refractivity contribution in [3.63, 3.8) is 0 Å². The maximum atomic E-state index is 12.7. The molecule has 1 saturated carbocycles. The molecule has 1 aromatic carbocycles. The normalized spacial score (nSPS) is 30.1. The zero-order chi connectivity index (χ0) is 15.1. The number of ether oxygens (including phenoxy) is 1. The second-order valence-electron chi connectivity index (χ2n) is 6.67. The molecule has 3 saturated heterocycles. The maximum Gasteiger partial charge on any atom is 0.415 e. The zero-order valence-corrected chi connectivity index (χ0v) is 14.2. The molecule has 1 atom stereocenters. The summed E-state index contributed by atoms with van der Waals surface area (Å²) in [6, 6.07) is 8.22. The smallest absolute Gasteiger partial charge is 0.410 e. The number of halogens is 1. The van der Waals surface area contributed by atoms with Crippen molar-refractivity contribution in [3.05, 3.63) is 28.7 Å². The van der Waals surface area contributed by atoms with Gasteiger partial charge in [-0.15, -0.1) is 0 Å². The van der Waals surface area contributed by atoms with E-state index in [2.05, 4.69) is 25.7 Å². The average molecular weight is 365 g/mol. The fourth-order valence-corrected chi connectivity index (χ4v) is 4.08. The summed E-state index contributed by atoms with van der Waals surface area (Å²) in [7, 11) is 0. The molecule has 5 rings (SSSR count). The molecule has 2 bridgehead atoms. The Morgan fingerprint density at radius 3 is 2.36 bits per heavy atom. The first-order valence-electron chi connectivity index (χ1n) is 8.19. The quantitative estimate of drug-likeness (QED) is 0.822. The predicted octanol–water partition coefficient (Wildman–Crippen LogP) is 3.51. The first-order chi connectivity index (χ1) is 10.7. The van der Waals surface area contributed by atoms with Crippen molar-refractivity contribution in [2.45, 2.75) is 37.8 Å². The third kappa shape index (κ3) is 2.88. The molecule has 5 heteroatoms. The van der Waals surface area contributed by atoms with Gasteiger partial charge in [-0.25, -0.2) is 4.79 Å². The fourth-order valence-electron chi connectivity index (χ4n) is 3.81. The fraction of sp³-hybridized carbons (Fsp3) is 0.588. The summed E-state index contributed by atoms with van der Waals surface area (Å²) >= 11 is 3.40. The Morgan fingerprint density at radius 2 is 1.82 bits per heavy atom. The lowest BCUT2D eigenvalue weighted by Crippen LogP contribution is -2.59.